The Bertz CT molecular complexity index is 5250. The fourth-order valence-corrected chi connectivity index (χ4v) is 24.9. The molecule has 3 aromatic heterocycles. The van der Waals surface area contributed by atoms with Gasteiger partial charge >= 0.3 is 0 Å². The van der Waals surface area contributed by atoms with E-state index in [2.05, 4.69) is 385 Å². The maximum atomic E-state index is 6.03. The van der Waals surface area contributed by atoms with Gasteiger partial charge in [-0.15, -0.1) is 0 Å². The lowest BCUT2D eigenvalue weighted by Crippen LogP contribution is -2.78. The fraction of sp³-hybridized carbons (Fsp3) is 0. The summed E-state index contributed by atoms with van der Waals surface area (Å²) >= 11 is 0. The van der Waals surface area contributed by atoms with E-state index < -0.39 is 16.1 Å². The van der Waals surface area contributed by atoms with Gasteiger partial charge in [0, 0.05) is 33.2 Å². The second kappa shape index (κ2) is 23.8. The Morgan fingerprint density at radius 3 is 0.830 bits per heavy atom. The first-order valence-electron chi connectivity index (χ1n) is 32.3. The lowest BCUT2D eigenvalue weighted by Gasteiger charge is -2.39. The van der Waals surface area contributed by atoms with Crippen molar-refractivity contribution in [2.24, 2.45) is 0 Å². The van der Waals surface area contributed by atoms with Crippen molar-refractivity contribution in [3.8, 4) is 56.4 Å². The zero-order valence-electron chi connectivity index (χ0n) is 51.6. The van der Waals surface area contributed by atoms with Crippen LogP contribution in [0, 0.1) is 0 Å². The highest BCUT2D eigenvalue weighted by Crippen LogP contribution is 2.36. The van der Waals surface area contributed by atoms with E-state index in [1.54, 1.807) is 0 Å². The maximum Gasteiger partial charge on any atom is 0.237 e. The molecule has 0 fully saturated rings. The van der Waals surface area contributed by atoms with Crippen LogP contribution in [0.4, 0.5) is 0 Å². The molecule has 6 heteroatoms. The molecule has 17 aromatic rings. The molecule has 4 nitrogen and oxygen atoms in total. The highest BCUT2D eigenvalue weighted by molar-refractivity contribution is 7.22. The first-order chi connectivity index (χ1) is 46.6. The molecule has 0 aliphatic rings. The number of rotatable bonds is 14. The minimum Gasteiger partial charge on any atom is -0.294 e. The fourth-order valence-electron chi connectivity index (χ4n) is 15.1. The maximum absolute atomic E-state index is 6.03. The molecule has 17 rings (SSSR count). The summed E-state index contributed by atoms with van der Waals surface area (Å²) in [5.41, 5.74) is 13.0. The third-order valence-electron chi connectivity index (χ3n) is 19.2. The molecule has 0 amide bonds. The number of nitrogens with zero attached hydrogens (tertiary/aromatic N) is 4. The Hall–Kier alpha value is -11.8. The van der Waals surface area contributed by atoms with Gasteiger partial charge in [0.25, 0.3) is 0 Å². The van der Waals surface area contributed by atoms with E-state index in [1.807, 2.05) is 0 Å². The highest BCUT2D eigenvalue weighted by Gasteiger charge is 2.47. The Kier molecular flexibility index (Phi) is 14.2. The summed E-state index contributed by atoms with van der Waals surface area (Å²) in [6.45, 7) is 0. The Morgan fingerprint density at radius 1 is 0.191 bits per heavy atom. The zero-order chi connectivity index (χ0) is 62.4. The SMILES string of the molecule is c1ccc(-c2cccc([Si](c3ccccc3)(c3ccccc3)c3cc(-c4cc(-n5c6ccccc6c6ccccc65)nc(-n5c6ccccc6c6ccccc65)n4)cc([Si](c4ccccc4)(c4cccc(-c5ccccc5)c4)c4cccc(-c5ccccc5)c4)c3)c2)cc1. The number of aromatic nitrogens is 4. The topological polar surface area (TPSA) is 35.6 Å². The third-order valence-corrected chi connectivity index (χ3v) is 28.7. The van der Waals surface area contributed by atoms with Crippen molar-refractivity contribution < 1.29 is 0 Å². The monoisotopic (exact) mass is 1230 g/mol. The van der Waals surface area contributed by atoms with E-state index in [9.17, 15) is 0 Å². The standard InChI is InChI=1S/C88H62N4Si2/c1-7-30-63(31-8-1)66-36-27-45-73(56-66)93(70-39-13-4-14-40-70,71-41-15-5-16-42-71)76-59-69(82-62-87(91-83-52-23-19-48-78(83)79-49-20-24-53-84(79)91)90-88(89-82)92-85-54-25-21-50-80(85)81-51-22-26-55-86(81)92)60-77(61-76)94(72-43-17-6-18-44-72,74-46-28-37-67(57-74)64-32-9-2-10-33-64)75-47-29-38-68(58-75)65-34-11-3-12-35-65/h1-62H. The summed E-state index contributed by atoms with van der Waals surface area (Å²) in [4.78, 5) is 11.8. The van der Waals surface area contributed by atoms with Gasteiger partial charge in [-0.05, 0) is 99.1 Å². The van der Waals surface area contributed by atoms with Crippen LogP contribution in [0.5, 0.6) is 0 Å². The van der Waals surface area contributed by atoms with Crippen LogP contribution < -0.4 is 41.5 Å². The van der Waals surface area contributed by atoms with Gasteiger partial charge in [-0.2, -0.15) is 4.98 Å². The summed E-state index contributed by atoms with van der Waals surface area (Å²) in [5, 5.41) is 14.7. The smallest absolute Gasteiger partial charge is 0.237 e. The molecule has 0 spiro atoms. The van der Waals surface area contributed by atoms with Crippen LogP contribution in [0.15, 0.2) is 376 Å². The van der Waals surface area contributed by atoms with Gasteiger partial charge in [-0.25, -0.2) is 4.98 Å². The van der Waals surface area contributed by atoms with Crippen LogP contribution in [0.1, 0.15) is 0 Å². The molecule has 3 heterocycles. The van der Waals surface area contributed by atoms with Gasteiger partial charge in [0.2, 0.25) is 5.95 Å². The van der Waals surface area contributed by atoms with Gasteiger partial charge in [-0.1, -0.05) is 346 Å². The molecule has 0 atom stereocenters. The summed E-state index contributed by atoms with van der Waals surface area (Å²) < 4.78 is 4.64. The molecule has 0 aliphatic carbocycles. The van der Waals surface area contributed by atoms with Gasteiger partial charge in [0.1, 0.15) is 5.82 Å². The molecule has 0 aliphatic heterocycles. The predicted octanol–water partition coefficient (Wildman–Crippen LogP) is 16.1. The Labute approximate surface area is 549 Å². The van der Waals surface area contributed by atoms with Crippen molar-refractivity contribution in [2.45, 2.75) is 0 Å². The molecule has 0 unspecified atom stereocenters. The normalized spacial score (nSPS) is 11.8. The minimum absolute atomic E-state index is 0.585. The van der Waals surface area contributed by atoms with E-state index in [4.69, 9.17) is 9.97 Å². The molecular weight excluding hydrogens is 1170 g/mol. The van der Waals surface area contributed by atoms with E-state index in [0.29, 0.717) is 5.95 Å². The average Bonchev–Trinajstić information content (AvgIpc) is 0.936. The van der Waals surface area contributed by atoms with Crippen LogP contribution in [-0.2, 0) is 0 Å². The average molecular weight is 1230 g/mol. The number of hydrogen-bond acceptors (Lipinski definition) is 2. The summed E-state index contributed by atoms with van der Waals surface area (Å²) in [6, 6.07) is 140. The van der Waals surface area contributed by atoms with Gasteiger partial charge < -0.3 is 0 Å². The molecule has 14 aromatic carbocycles. The van der Waals surface area contributed by atoms with Crippen molar-refractivity contribution in [1.82, 2.24) is 19.1 Å². The third kappa shape index (κ3) is 9.49. The van der Waals surface area contributed by atoms with E-state index in [0.717, 1.165) is 60.7 Å². The first kappa shape index (κ1) is 56.2. The highest BCUT2D eigenvalue weighted by atomic mass is 28.3. The summed E-state index contributed by atoms with van der Waals surface area (Å²) in [6.07, 6.45) is 0. The van der Waals surface area contributed by atoms with E-state index >= 15 is 0 Å². The second-order valence-corrected chi connectivity index (χ2v) is 32.0. The van der Waals surface area contributed by atoms with Gasteiger partial charge in [0.05, 0.1) is 27.8 Å². The van der Waals surface area contributed by atoms with Crippen LogP contribution in [-0.4, -0.2) is 35.2 Å². The quantitative estimate of drug-likeness (QED) is 0.0803. The van der Waals surface area contributed by atoms with Crippen LogP contribution in [0.25, 0.3) is 100 Å². The van der Waals surface area contributed by atoms with Crippen LogP contribution in [0.3, 0.4) is 0 Å². The van der Waals surface area contributed by atoms with Crippen molar-refractivity contribution in [3.63, 3.8) is 0 Å². The molecule has 94 heavy (non-hydrogen) atoms. The van der Waals surface area contributed by atoms with Gasteiger partial charge in [-0.3, -0.25) is 9.13 Å². The number of fused-ring (bicyclic) bond motifs is 6. The van der Waals surface area contributed by atoms with E-state index in [1.165, 1.54) is 74.9 Å². The predicted molar refractivity (Wildman–Crippen MR) is 400 cm³/mol. The Morgan fingerprint density at radius 2 is 0.468 bits per heavy atom. The lowest BCUT2D eigenvalue weighted by molar-refractivity contribution is 0.952. The molecule has 0 saturated carbocycles. The van der Waals surface area contributed by atoms with E-state index in [-0.39, 0.29) is 0 Å². The molecule has 0 radical (unpaired) electrons. The van der Waals surface area contributed by atoms with Crippen molar-refractivity contribution in [1.29, 1.82) is 0 Å². The largest absolute Gasteiger partial charge is 0.294 e. The van der Waals surface area contributed by atoms with Crippen molar-refractivity contribution >= 4 is 101 Å². The van der Waals surface area contributed by atoms with Crippen LogP contribution >= 0.6 is 0 Å². The Balaban J connectivity index is 1.07. The summed E-state index contributed by atoms with van der Waals surface area (Å²) in [7, 11) is -7.06. The van der Waals surface area contributed by atoms with Gasteiger partial charge in [0.15, 0.2) is 16.1 Å². The summed E-state index contributed by atoms with van der Waals surface area (Å²) in [5.74, 6) is 1.36. The molecule has 0 bridgehead atoms. The van der Waals surface area contributed by atoms with Crippen LogP contribution in [0.2, 0.25) is 0 Å². The number of benzene rings is 14. The zero-order valence-corrected chi connectivity index (χ0v) is 53.6. The lowest BCUT2D eigenvalue weighted by atomic mass is 10.1. The minimum atomic E-state index is -3.58. The molecular formula is C88H62N4Si2. The molecule has 0 N–H and O–H groups in total. The molecule has 0 saturated heterocycles. The molecule has 442 valence electrons. The van der Waals surface area contributed by atoms with Crippen molar-refractivity contribution in [2.75, 3.05) is 0 Å². The second-order valence-electron chi connectivity index (χ2n) is 24.4. The number of hydrogen-bond donors (Lipinski definition) is 0. The number of para-hydroxylation sites is 4. The van der Waals surface area contributed by atoms with Crippen molar-refractivity contribution in [3.05, 3.63) is 376 Å². The first-order valence-corrected chi connectivity index (χ1v) is 36.3.